The first kappa shape index (κ1) is 25.4. The standard InChI is InChI=1S/C30H32N4O4/c1-4-20(3)22-8-12-28-25(17-22)32-30(38-28)21-5-9-24(10-6-21)31-29(35)23-7-11-26(27(18-23)34(36)37)33-15-13-19(2)14-16-33/h5-12,17-20H,4,13-16H2,1-3H3,(H,31,35). The van der Waals surface area contributed by atoms with Crippen LogP contribution in [0.2, 0.25) is 0 Å². The Morgan fingerprint density at radius 1 is 1.13 bits per heavy atom. The van der Waals surface area contributed by atoms with Gasteiger partial charge in [-0.05, 0) is 85.2 Å². The van der Waals surface area contributed by atoms with Gasteiger partial charge in [-0.3, -0.25) is 14.9 Å². The number of carbonyl (C=O) groups is 1. The fourth-order valence-corrected chi connectivity index (χ4v) is 4.84. The summed E-state index contributed by atoms with van der Waals surface area (Å²) < 4.78 is 5.95. The Morgan fingerprint density at radius 2 is 1.87 bits per heavy atom. The van der Waals surface area contributed by atoms with Crippen molar-refractivity contribution in [3.8, 4) is 11.5 Å². The van der Waals surface area contributed by atoms with Gasteiger partial charge in [0.25, 0.3) is 11.6 Å². The zero-order valence-corrected chi connectivity index (χ0v) is 21.9. The normalized spacial score (nSPS) is 15.0. The lowest BCUT2D eigenvalue weighted by atomic mass is 9.98. The molecule has 0 saturated carbocycles. The predicted octanol–water partition coefficient (Wildman–Crippen LogP) is 7.41. The van der Waals surface area contributed by atoms with E-state index in [1.54, 1.807) is 24.3 Å². The van der Waals surface area contributed by atoms with Gasteiger partial charge in [-0.15, -0.1) is 0 Å². The molecule has 1 unspecified atom stereocenters. The van der Waals surface area contributed by atoms with Crippen molar-refractivity contribution in [2.75, 3.05) is 23.3 Å². The molecule has 4 aromatic rings. The van der Waals surface area contributed by atoms with Crippen molar-refractivity contribution in [1.29, 1.82) is 0 Å². The Kier molecular flexibility index (Phi) is 7.13. The Bertz CT molecular complexity index is 1470. The topological polar surface area (TPSA) is 102 Å². The summed E-state index contributed by atoms with van der Waals surface area (Å²) >= 11 is 0. The summed E-state index contributed by atoms with van der Waals surface area (Å²) in [6.07, 6.45) is 3.05. The third-order valence-electron chi connectivity index (χ3n) is 7.54. The lowest BCUT2D eigenvalue weighted by Gasteiger charge is -2.31. The maximum Gasteiger partial charge on any atom is 0.293 e. The molecule has 38 heavy (non-hydrogen) atoms. The molecule has 0 radical (unpaired) electrons. The van der Waals surface area contributed by atoms with E-state index in [0.717, 1.165) is 49.0 Å². The average molecular weight is 513 g/mol. The summed E-state index contributed by atoms with van der Waals surface area (Å²) in [5.74, 6) is 1.18. The van der Waals surface area contributed by atoms with Crippen molar-refractivity contribution in [3.63, 3.8) is 0 Å². The third kappa shape index (κ3) is 5.25. The zero-order chi connectivity index (χ0) is 26.8. The number of nitrogens with zero attached hydrogens (tertiary/aromatic N) is 3. The molecule has 2 heterocycles. The van der Waals surface area contributed by atoms with Crippen LogP contribution in [0.15, 0.2) is 65.1 Å². The first-order valence-corrected chi connectivity index (χ1v) is 13.2. The van der Waals surface area contributed by atoms with Crippen molar-refractivity contribution in [1.82, 2.24) is 4.98 Å². The van der Waals surface area contributed by atoms with Crippen LogP contribution in [-0.2, 0) is 0 Å². The second-order valence-corrected chi connectivity index (χ2v) is 10.2. The molecule has 0 aliphatic carbocycles. The molecule has 1 N–H and O–H groups in total. The van der Waals surface area contributed by atoms with Crippen molar-refractivity contribution >= 4 is 34.1 Å². The van der Waals surface area contributed by atoms with Gasteiger partial charge < -0.3 is 14.6 Å². The van der Waals surface area contributed by atoms with E-state index in [2.05, 4.69) is 43.2 Å². The Hall–Kier alpha value is -4.20. The first-order chi connectivity index (χ1) is 18.3. The predicted molar refractivity (Wildman–Crippen MR) is 150 cm³/mol. The molecule has 1 fully saturated rings. The molecular weight excluding hydrogens is 480 g/mol. The Labute approximate surface area is 221 Å². The molecule has 1 amide bonds. The summed E-state index contributed by atoms with van der Waals surface area (Å²) in [4.78, 5) is 31.0. The quantitative estimate of drug-likeness (QED) is 0.204. The van der Waals surface area contributed by atoms with Crippen LogP contribution < -0.4 is 10.2 Å². The van der Waals surface area contributed by atoms with E-state index < -0.39 is 10.8 Å². The molecule has 8 nitrogen and oxygen atoms in total. The highest BCUT2D eigenvalue weighted by atomic mass is 16.6. The smallest absolute Gasteiger partial charge is 0.293 e. The van der Waals surface area contributed by atoms with Crippen molar-refractivity contribution in [3.05, 3.63) is 81.9 Å². The van der Waals surface area contributed by atoms with Gasteiger partial charge in [0.05, 0.1) is 4.92 Å². The average Bonchev–Trinajstić information content (AvgIpc) is 3.36. The lowest BCUT2D eigenvalue weighted by Crippen LogP contribution is -2.33. The minimum atomic E-state index is -0.412. The van der Waals surface area contributed by atoms with Crippen LogP contribution in [0.5, 0.6) is 0 Å². The highest BCUT2D eigenvalue weighted by Gasteiger charge is 2.25. The van der Waals surface area contributed by atoms with Crippen molar-refractivity contribution < 1.29 is 14.1 Å². The minimum Gasteiger partial charge on any atom is -0.436 e. The molecule has 1 saturated heterocycles. The van der Waals surface area contributed by atoms with E-state index >= 15 is 0 Å². The number of hydrogen-bond donors (Lipinski definition) is 1. The summed E-state index contributed by atoms with van der Waals surface area (Å²) in [5, 5.41) is 14.6. The second kappa shape index (κ2) is 10.7. The van der Waals surface area contributed by atoms with Crippen LogP contribution in [0.3, 0.4) is 0 Å². The van der Waals surface area contributed by atoms with Gasteiger partial charge in [-0.2, -0.15) is 0 Å². The van der Waals surface area contributed by atoms with Gasteiger partial charge in [0, 0.05) is 36.0 Å². The molecule has 5 rings (SSSR count). The summed E-state index contributed by atoms with van der Waals surface area (Å²) in [6.45, 7) is 8.10. The molecule has 196 valence electrons. The van der Waals surface area contributed by atoms with Gasteiger partial charge in [0.2, 0.25) is 5.89 Å². The van der Waals surface area contributed by atoms with Gasteiger partial charge in [0.15, 0.2) is 5.58 Å². The maximum atomic E-state index is 12.9. The van der Waals surface area contributed by atoms with E-state index in [4.69, 9.17) is 4.42 Å². The number of oxazole rings is 1. The molecular formula is C30H32N4O4. The van der Waals surface area contributed by atoms with Crippen LogP contribution in [-0.4, -0.2) is 28.9 Å². The van der Waals surface area contributed by atoms with E-state index in [1.807, 2.05) is 23.1 Å². The van der Waals surface area contributed by atoms with E-state index in [-0.39, 0.29) is 11.3 Å². The Morgan fingerprint density at radius 3 is 2.55 bits per heavy atom. The highest BCUT2D eigenvalue weighted by molar-refractivity contribution is 6.05. The number of anilines is 2. The van der Waals surface area contributed by atoms with Crippen LogP contribution in [0.1, 0.15) is 61.9 Å². The fraction of sp³-hybridized carbons (Fsp3) is 0.333. The number of rotatable bonds is 7. The second-order valence-electron chi connectivity index (χ2n) is 10.2. The molecule has 1 aromatic heterocycles. The van der Waals surface area contributed by atoms with Crippen LogP contribution >= 0.6 is 0 Å². The van der Waals surface area contributed by atoms with Crippen LogP contribution in [0.4, 0.5) is 17.1 Å². The number of amides is 1. The molecule has 0 bridgehead atoms. The number of nitro groups is 1. The minimum absolute atomic E-state index is 0.0463. The number of nitro benzene ring substituents is 1. The summed E-state index contributed by atoms with van der Waals surface area (Å²) in [6, 6.07) is 18.0. The van der Waals surface area contributed by atoms with E-state index in [0.29, 0.717) is 29.1 Å². The van der Waals surface area contributed by atoms with Gasteiger partial charge >= 0.3 is 0 Å². The molecule has 0 spiro atoms. The zero-order valence-electron chi connectivity index (χ0n) is 21.9. The molecule has 1 atom stereocenters. The number of fused-ring (bicyclic) bond motifs is 1. The SMILES string of the molecule is CCC(C)c1ccc2oc(-c3ccc(NC(=O)c4ccc(N5CCC(C)CC5)c([N+](=O)[O-])c4)cc3)nc2c1. The molecule has 1 aliphatic rings. The largest absolute Gasteiger partial charge is 0.436 e. The lowest BCUT2D eigenvalue weighted by molar-refractivity contribution is -0.384. The molecule has 3 aromatic carbocycles. The van der Waals surface area contributed by atoms with Gasteiger partial charge in [0.1, 0.15) is 11.2 Å². The number of nitrogens with one attached hydrogen (secondary N) is 1. The first-order valence-electron chi connectivity index (χ1n) is 13.2. The van der Waals surface area contributed by atoms with Gasteiger partial charge in [-0.1, -0.05) is 26.8 Å². The van der Waals surface area contributed by atoms with Crippen LogP contribution in [0.25, 0.3) is 22.6 Å². The van der Waals surface area contributed by atoms with Crippen molar-refractivity contribution in [2.24, 2.45) is 5.92 Å². The summed E-state index contributed by atoms with van der Waals surface area (Å²) in [5.41, 5.74) is 4.91. The number of hydrogen-bond acceptors (Lipinski definition) is 6. The molecule has 1 aliphatic heterocycles. The van der Waals surface area contributed by atoms with E-state index in [1.165, 1.54) is 11.6 Å². The maximum absolute atomic E-state index is 12.9. The number of piperidine rings is 1. The highest BCUT2D eigenvalue weighted by Crippen LogP contribution is 2.33. The monoisotopic (exact) mass is 512 g/mol. The van der Waals surface area contributed by atoms with Crippen molar-refractivity contribution in [2.45, 2.75) is 46.0 Å². The molecule has 8 heteroatoms. The number of carbonyl (C=O) groups excluding carboxylic acids is 1. The van der Waals surface area contributed by atoms with E-state index in [9.17, 15) is 14.9 Å². The number of benzene rings is 3. The number of aromatic nitrogens is 1. The van der Waals surface area contributed by atoms with Crippen LogP contribution in [0, 0.1) is 16.0 Å². The van der Waals surface area contributed by atoms with Gasteiger partial charge in [-0.25, -0.2) is 4.98 Å². The fourth-order valence-electron chi connectivity index (χ4n) is 4.84. The third-order valence-corrected chi connectivity index (χ3v) is 7.54. The Balaban J connectivity index is 1.31. The summed E-state index contributed by atoms with van der Waals surface area (Å²) in [7, 11) is 0.